The predicted molar refractivity (Wildman–Crippen MR) is 73.0 cm³/mol. The van der Waals surface area contributed by atoms with E-state index in [1.54, 1.807) is 7.11 Å². The predicted octanol–water partition coefficient (Wildman–Crippen LogP) is 3.05. The molecule has 1 saturated carbocycles. The number of nitrogens with zero attached hydrogens (tertiary/aromatic N) is 3. The number of halogens is 1. The Morgan fingerprint density at radius 2 is 2.11 bits per heavy atom. The van der Waals surface area contributed by atoms with Gasteiger partial charge in [0.15, 0.2) is 5.82 Å². The monoisotopic (exact) mass is 269 g/mol. The van der Waals surface area contributed by atoms with Crippen molar-refractivity contribution in [3.8, 4) is 0 Å². The van der Waals surface area contributed by atoms with Crippen LogP contribution in [0.15, 0.2) is 6.07 Å². The fourth-order valence-electron chi connectivity index (χ4n) is 2.62. The first-order chi connectivity index (χ1) is 8.74. The Morgan fingerprint density at radius 3 is 2.72 bits per heavy atom. The molecule has 0 unspecified atom stereocenters. The highest BCUT2D eigenvalue weighted by Gasteiger charge is 2.23. The van der Waals surface area contributed by atoms with E-state index in [4.69, 9.17) is 16.3 Å². The Hall–Kier alpha value is -0.870. The maximum absolute atomic E-state index is 6.06. The van der Waals surface area contributed by atoms with Crippen LogP contribution in [0.4, 0.5) is 5.82 Å². The lowest BCUT2D eigenvalue weighted by molar-refractivity contribution is 0.178. The summed E-state index contributed by atoms with van der Waals surface area (Å²) in [7, 11) is 1.64. The van der Waals surface area contributed by atoms with E-state index in [0.717, 1.165) is 12.4 Å². The van der Waals surface area contributed by atoms with Gasteiger partial charge in [0.05, 0.1) is 0 Å². The summed E-state index contributed by atoms with van der Waals surface area (Å²) in [4.78, 5) is 11.0. The van der Waals surface area contributed by atoms with Crippen LogP contribution in [0.25, 0.3) is 0 Å². The molecule has 4 nitrogen and oxygen atoms in total. The lowest BCUT2D eigenvalue weighted by atomic mass is 10.2. The summed E-state index contributed by atoms with van der Waals surface area (Å²) < 4.78 is 5.07. The molecule has 1 aromatic rings. The van der Waals surface area contributed by atoms with Gasteiger partial charge in [-0.1, -0.05) is 24.4 Å². The van der Waals surface area contributed by atoms with Crippen LogP contribution >= 0.6 is 11.6 Å². The first-order valence-corrected chi connectivity index (χ1v) is 6.91. The lowest BCUT2D eigenvalue weighted by Gasteiger charge is -2.29. The molecule has 0 atom stereocenters. The molecule has 0 saturated heterocycles. The minimum atomic E-state index is 0.399. The van der Waals surface area contributed by atoms with E-state index in [-0.39, 0.29) is 0 Å². The van der Waals surface area contributed by atoms with E-state index in [1.165, 1.54) is 25.7 Å². The van der Waals surface area contributed by atoms with Gasteiger partial charge in [-0.2, -0.15) is 0 Å². The second-order valence-electron chi connectivity index (χ2n) is 4.62. The molecule has 0 aromatic carbocycles. The first kappa shape index (κ1) is 13.6. The molecule has 1 aliphatic rings. The van der Waals surface area contributed by atoms with Crippen LogP contribution in [-0.2, 0) is 11.3 Å². The Bertz CT molecular complexity index is 394. The largest absolute Gasteiger partial charge is 0.377 e. The van der Waals surface area contributed by atoms with Crippen molar-refractivity contribution in [2.75, 3.05) is 18.6 Å². The maximum Gasteiger partial charge on any atom is 0.158 e. The van der Waals surface area contributed by atoms with Crippen molar-refractivity contribution < 1.29 is 4.74 Å². The summed E-state index contributed by atoms with van der Waals surface area (Å²) in [6, 6.07) is 2.44. The minimum Gasteiger partial charge on any atom is -0.377 e. The number of rotatable bonds is 5. The molecule has 1 fully saturated rings. The van der Waals surface area contributed by atoms with Gasteiger partial charge in [-0.05, 0) is 19.8 Å². The lowest BCUT2D eigenvalue weighted by Crippen LogP contribution is -2.34. The molecule has 0 spiro atoms. The highest BCUT2D eigenvalue weighted by molar-refractivity contribution is 6.29. The normalized spacial score (nSPS) is 16.2. The molecule has 0 aliphatic heterocycles. The van der Waals surface area contributed by atoms with E-state index in [1.807, 2.05) is 6.07 Å². The van der Waals surface area contributed by atoms with E-state index in [9.17, 15) is 0 Å². The highest BCUT2D eigenvalue weighted by atomic mass is 35.5. The third-order valence-electron chi connectivity index (χ3n) is 3.40. The van der Waals surface area contributed by atoms with E-state index < -0.39 is 0 Å². The molecule has 2 rings (SSSR count). The molecular formula is C13H20ClN3O. The minimum absolute atomic E-state index is 0.399. The zero-order valence-electron chi connectivity index (χ0n) is 11.0. The van der Waals surface area contributed by atoms with E-state index in [0.29, 0.717) is 23.6 Å². The zero-order chi connectivity index (χ0) is 13.0. The van der Waals surface area contributed by atoms with Crippen LogP contribution in [0, 0.1) is 0 Å². The molecule has 0 radical (unpaired) electrons. The summed E-state index contributed by atoms with van der Waals surface area (Å²) in [5.74, 6) is 1.58. The van der Waals surface area contributed by atoms with Crippen LogP contribution in [0.2, 0.25) is 5.15 Å². The second kappa shape index (κ2) is 6.34. The van der Waals surface area contributed by atoms with Gasteiger partial charge in [-0.25, -0.2) is 9.97 Å². The maximum atomic E-state index is 6.06. The van der Waals surface area contributed by atoms with Crippen molar-refractivity contribution in [2.45, 2.75) is 45.3 Å². The van der Waals surface area contributed by atoms with Gasteiger partial charge in [0.25, 0.3) is 0 Å². The molecule has 1 aromatic heterocycles. The number of ether oxygens (including phenoxy) is 1. The quantitative estimate of drug-likeness (QED) is 0.770. The molecule has 100 valence electrons. The number of methoxy groups -OCH3 is 1. The van der Waals surface area contributed by atoms with Gasteiger partial charge in [0, 0.05) is 25.8 Å². The van der Waals surface area contributed by atoms with Crippen molar-refractivity contribution in [1.29, 1.82) is 0 Å². The summed E-state index contributed by atoms with van der Waals surface area (Å²) in [5, 5.41) is 0.489. The van der Waals surface area contributed by atoms with Gasteiger partial charge in [0.1, 0.15) is 17.6 Å². The Morgan fingerprint density at radius 1 is 1.39 bits per heavy atom. The molecular weight excluding hydrogens is 250 g/mol. The Balaban J connectivity index is 2.23. The molecule has 0 N–H and O–H groups in total. The van der Waals surface area contributed by atoms with Crippen molar-refractivity contribution in [2.24, 2.45) is 0 Å². The average molecular weight is 270 g/mol. The molecule has 1 heterocycles. The summed E-state index contributed by atoms with van der Waals surface area (Å²) in [6.45, 7) is 3.50. The van der Waals surface area contributed by atoms with Gasteiger partial charge in [0.2, 0.25) is 0 Å². The second-order valence-corrected chi connectivity index (χ2v) is 5.01. The van der Waals surface area contributed by atoms with Gasteiger partial charge in [-0.3, -0.25) is 0 Å². The van der Waals surface area contributed by atoms with Crippen LogP contribution in [0.1, 0.15) is 38.4 Å². The van der Waals surface area contributed by atoms with Gasteiger partial charge >= 0.3 is 0 Å². The number of hydrogen-bond donors (Lipinski definition) is 0. The topological polar surface area (TPSA) is 38.2 Å². The zero-order valence-corrected chi connectivity index (χ0v) is 11.8. The van der Waals surface area contributed by atoms with Crippen LogP contribution < -0.4 is 4.90 Å². The molecule has 0 amide bonds. The smallest absolute Gasteiger partial charge is 0.158 e. The van der Waals surface area contributed by atoms with Crippen molar-refractivity contribution in [3.63, 3.8) is 0 Å². The highest BCUT2D eigenvalue weighted by Crippen LogP contribution is 2.28. The Kier molecular flexibility index (Phi) is 4.78. The van der Waals surface area contributed by atoms with Crippen molar-refractivity contribution in [3.05, 3.63) is 17.0 Å². The fraction of sp³-hybridized carbons (Fsp3) is 0.692. The van der Waals surface area contributed by atoms with E-state index >= 15 is 0 Å². The third kappa shape index (κ3) is 3.12. The molecule has 0 bridgehead atoms. The summed E-state index contributed by atoms with van der Waals surface area (Å²) in [5.41, 5.74) is 0. The van der Waals surface area contributed by atoms with Crippen molar-refractivity contribution >= 4 is 17.4 Å². The van der Waals surface area contributed by atoms with Crippen LogP contribution in [-0.4, -0.2) is 29.7 Å². The van der Waals surface area contributed by atoms with E-state index in [2.05, 4.69) is 21.8 Å². The number of hydrogen-bond acceptors (Lipinski definition) is 4. The van der Waals surface area contributed by atoms with Gasteiger partial charge < -0.3 is 9.64 Å². The van der Waals surface area contributed by atoms with Gasteiger partial charge in [-0.15, -0.1) is 0 Å². The molecule has 18 heavy (non-hydrogen) atoms. The van der Waals surface area contributed by atoms with Crippen LogP contribution in [0.5, 0.6) is 0 Å². The third-order valence-corrected chi connectivity index (χ3v) is 3.60. The average Bonchev–Trinajstić information content (AvgIpc) is 2.83. The molecule has 5 heteroatoms. The Labute approximate surface area is 113 Å². The first-order valence-electron chi connectivity index (χ1n) is 6.53. The van der Waals surface area contributed by atoms with Crippen molar-refractivity contribution in [1.82, 2.24) is 9.97 Å². The summed E-state index contributed by atoms with van der Waals surface area (Å²) in [6.07, 6.45) is 5.11. The van der Waals surface area contributed by atoms with Crippen LogP contribution in [0.3, 0.4) is 0 Å². The number of aromatic nitrogens is 2. The SMILES string of the molecule is CCN(c1cc(Cl)nc(COC)n1)C1CCCC1. The number of anilines is 1. The molecule has 1 aliphatic carbocycles. The fourth-order valence-corrected chi connectivity index (χ4v) is 2.81. The standard InChI is InChI=1S/C13H20ClN3O/c1-3-17(10-6-4-5-7-10)13-8-11(14)15-12(16-13)9-18-2/h8,10H,3-7,9H2,1-2H3. The summed E-state index contributed by atoms with van der Waals surface area (Å²) >= 11 is 6.06.